The zero-order valence-electron chi connectivity index (χ0n) is 25.2. The molecular weight excluding hydrogens is 627 g/mol. The van der Waals surface area contributed by atoms with Gasteiger partial charge in [-0.1, -0.05) is 95.1 Å². The standard InChI is InChI=1S/C31H38Cl2N2O6SSi/c1-20(2)43(21(3)4,22(5)6)40-19-23-7-9-24(10-8-23)30-18-34(31(41-30)28-16-11-25(32)17-29(28)33)42(38,39)27-14-12-26(13-15-27)35(36)37/h7-17,20-22,30-31H,18-19H2,1-6H3/t30-,31-/m0/s1. The molecule has 1 saturated heterocycles. The predicted molar refractivity (Wildman–Crippen MR) is 172 cm³/mol. The maximum atomic E-state index is 13.8. The number of ether oxygens (including phenoxy) is 1. The summed E-state index contributed by atoms with van der Waals surface area (Å²) in [5.74, 6) is 0. The Labute approximate surface area is 265 Å². The summed E-state index contributed by atoms with van der Waals surface area (Å²) in [4.78, 5) is 10.5. The van der Waals surface area contributed by atoms with E-state index in [0.717, 1.165) is 11.1 Å². The highest BCUT2D eigenvalue weighted by Gasteiger charge is 2.45. The number of hydrogen-bond acceptors (Lipinski definition) is 6. The molecule has 0 N–H and O–H groups in total. The fourth-order valence-corrected chi connectivity index (χ4v) is 13.7. The highest BCUT2D eigenvalue weighted by Crippen LogP contribution is 2.45. The van der Waals surface area contributed by atoms with Crippen molar-refractivity contribution in [1.82, 2.24) is 4.31 Å². The molecule has 0 bridgehead atoms. The van der Waals surface area contributed by atoms with E-state index in [1.165, 1.54) is 34.6 Å². The Morgan fingerprint density at radius 3 is 2.05 bits per heavy atom. The van der Waals surface area contributed by atoms with Crippen molar-refractivity contribution in [1.29, 1.82) is 0 Å². The van der Waals surface area contributed by atoms with E-state index in [1.807, 2.05) is 24.3 Å². The fourth-order valence-electron chi connectivity index (χ4n) is 6.28. The first-order valence-corrected chi connectivity index (χ1v) is 18.6. The van der Waals surface area contributed by atoms with Crippen molar-refractivity contribution in [3.8, 4) is 0 Å². The maximum Gasteiger partial charge on any atom is 0.269 e. The summed E-state index contributed by atoms with van der Waals surface area (Å²) >= 11 is 12.6. The van der Waals surface area contributed by atoms with Crippen molar-refractivity contribution in [3.05, 3.63) is 104 Å². The third-order valence-electron chi connectivity index (χ3n) is 8.33. The zero-order valence-corrected chi connectivity index (χ0v) is 28.5. The second kappa shape index (κ2) is 13.4. The van der Waals surface area contributed by atoms with Gasteiger partial charge >= 0.3 is 0 Å². The molecule has 0 aliphatic carbocycles. The Morgan fingerprint density at radius 2 is 1.53 bits per heavy atom. The molecule has 0 spiro atoms. The molecule has 3 aromatic carbocycles. The van der Waals surface area contributed by atoms with E-state index in [9.17, 15) is 18.5 Å². The van der Waals surface area contributed by atoms with Gasteiger partial charge in [0.15, 0.2) is 6.23 Å². The van der Waals surface area contributed by atoms with E-state index >= 15 is 0 Å². The minimum atomic E-state index is -4.13. The van der Waals surface area contributed by atoms with Crippen LogP contribution < -0.4 is 0 Å². The Bertz CT molecular complexity index is 1530. The fraction of sp³-hybridized carbons (Fsp3) is 0.419. The van der Waals surface area contributed by atoms with Crippen molar-refractivity contribution in [3.63, 3.8) is 0 Å². The van der Waals surface area contributed by atoms with Gasteiger partial charge in [-0.3, -0.25) is 10.1 Å². The largest absolute Gasteiger partial charge is 0.412 e. The Balaban J connectivity index is 1.62. The molecule has 1 fully saturated rings. The molecule has 4 rings (SSSR count). The third-order valence-corrected chi connectivity index (χ3v) is 16.8. The lowest BCUT2D eigenvalue weighted by Crippen LogP contribution is -2.47. The van der Waals surface area contributed by atoms with Gasteiger partial charge in [0.1, 0.15) is 0 Å². The monoisotopic (exact) mass is 664 g/mol. The van der Waals surface area contributed by atoms with Gasteiger partial charge in [0, 0.05) is 34.3 Å². The van der Waals surface area contributed by atoms with E-state index < -0.39 is 35.6 Å². The molecule has 0 radical (unpaired) electrons. The van der Waals surface area contributed by atoms with Crippen LogP contribution in [-0.4, -0.2) is 32.5 Å². The Kier molecular flexibility index (Phi) is 10.4. The van der Waals surface area contributed by atoms with Gasteiger partial charge < -0.3 is 9.16 Å². The number of nitrogens with zero attached hydrogens (tertiary/aromatic N) is 2. The number of nitro benzene ring substituents is 1. The lowest BCUT2D eigenvalue weighted by molar-refractivity contribution is -0.384. The van der Waals surface area contributed by atoms with Crippen molar-refractivity contribution in [2.45, 2.75) is 82.0 Å². The lowest BCUT2D eigenvalue weighted by Gasteiger charge is -2.42. The van der Waals surface area contributed by atoms with E-state index in [4.69, 9.17) is 32.4 Å². The molecule has 3 aromatic rings. The van der Waals surface area contributed by atoms with Gasteiger partial charge in [0.05, 0.1) is 22.5 Å². The van der Waals surface area contributed by atoms with Crippen LogP contribution >= 0.6 is 23.2 Å². The van der Waals surface area contributed by atoms with Crippen LogP contribution in [0.1, 0.15) is 70.6 Å². The van der Waals surface area contributed by atoms with Gasteiger partial charge in [-0.2, -0.15) is 4.31 Å². The van der Waals surface area contributed by atoms with Gasteiger partial charge in [-0.25, -0.2) is 8.42 Å². The van der Waals surface area contributed by atoms with Crippen molar-refractivity contribution >= 4 is 47.2 Å². The Hall–Kier alpha value is -2.31. The highest BCUT2D eigenvalue weighted by molar-refractivity contribution is 7.89. The quantitative estimate of drug-likeness (QED) is 0.115. The van der Waals surface area contributed by atoms with E-state index in [2.05, 4.69) is 41.5 Å². The van der Waals surface area contributed by atoms with E-state index in [-0.39, 0.29) is 22.2 Å². The van der Waals surface area contributed by atoms with Gasteiger partial charge in [0.2, 0.25) is 18.3 Å². The third kappa shape index (κ3) is 6.85. The molecule has 1 heterocycles. The van der Waals surface area contributed by atoms with Crippen LogP contribution in [0.15, 0.2) is 71.6 Å². The molecule has 0 amide bonds. The number of non-ortho nitro benzene ring substituents is 1. The van der Waals surface area contributed by atoms with Gasteiger partial charge in [0.25, 0.3) is 5.69 Å². The zero-order chi connectivity index (χ0) is 31.7. The minimum absolute atomic E-state index is 0.0167. The van der Waals surface area contributed by atoms with Crippen molar-refractivity contribution in [2.24, 2.45) is 0 Å². The summed E-state index contributed by atoms with van der Waals surface area (Å²) in [6.45, 7) is 14.1. The molecule has 0 aromatic heterocycles. The molecule has 0 unspecified atom stereocenters. The first kappa shape index (κ1) is 33.6. The number of halogens is 2. The smallest absolute Gasteiger partial charge is 0.269 e. The number of hydrogen-bond donors (Lipinski definition) is 0. The SMILES string of the molecule is CC(C)[Si](OCc1ccc([C@@H]2CN(S(=O)(=O)c3ccc([N+](=O)[O-])cc3)[C@H](c3ccc(Cl)cc3Cl)O2)cc1)(C(C)C)C(C)C. The van der Waals surface area contributed by atoms with E-state index in [1.54, 1.807) is 12.1 Å². The summed E-state index contributed by atoms with van der Waals surface area (Å²) in [6.07, 6.45) is -1.62. The molecule has 12 heteroatoms. The summed E-state index contributed by atoms with van der Waals surface area (Å²) in [6, 6.07) is 17.5. The van der Waals surface area contributed by atoms with Crippen molar-refractivity contribution < 1.29 is 22.5 Å². The van der Waals surface area contributed by atoms with Crippen LogP contribution in [0.25, 0.3) is 0 Å². The number of benzene rings is 3. The van der Waals surface area contributed by atoms with Crippen LogP contribution in [0.4, 0.5) is 5.69 Å². The van der Waals surface area contributed by atoms with Crippen LogP contribution in [-0.2, 0) is 25.8 Å². The maximum absolute atomic E-state index is 13.8. The molecule has 1 aliphatic rings. The first-order valence-electron chi connectivity index (χ1n) is 14.3. The Morgan fingerprint density at radius 1 is 0.953 bits per heavy atom. The summed E-state index contributed by atoms with van der Waals surface area (Å²) in [5, 5.41) is 11.8. The summed E-state index contributed by atoms with van der Waals surface area (Å²) < 4.78 is 42.0. The lowest BCUT2D eigenvalue weighted by atomic mass is 10.1. The summed E-state index contributed by atoms with van der Waals surface area (Å²) in [7, 11) is -6.16. The van der Waals surface area contributed by atoms with Crippen LogP contribution in [0.5, 0.6) is 0 Å². The molecule has 2 atom stereocenters. The molecule has 0 saturated carbocycles. The second-order valence-corrected chi connectivity index (χ2v) is 20.0. The van der Waals surface area contributed by atoms with Gasteiger partial charge in [-0.05, 0) is 52.0 Å². The molecular formula is C31H38Cl2N2O6SSi. The van der Waals surface area contributed by atoms with Crippen LogP contribution in [0, 0.1) is 10.1 Å². The average molecular weight is 666 g/mol. The molecule has 8 nitrogen and oxygen atoms in total. The second-order valence-electron chi connectivity index (χ2n) is 11.8. The number of nitro groups is 1. The normalized spacial score (nSPS) is 18.2. The molecule has 43 heavy (non-hydrogen) atoms. The van der Waals surface area contributed by atoms with Crippen LogP contribution in [0.3, 0.4) is 0 Å². The van der Waals surface area contributed by atoms with Crippen LogP contribution in [0.2, 0.25) is 26.7 Å². The molecule has 1 aliphatic heterocycles. The topological polar surface area (TPSA) is 99.0 Å². The highest BCUT2D eigenvalue weighted by atomic mass is 35.5. The predicted octanol–water partition coefficient (Wildman–Crippen LogP) is 9.05. The molecule has 232 valence electrons. The summed E-state index contributed by atoms with van der Waals surface area (Å²) in [5.41, 5.74) is 3.50. The van der Waals surface area contributed by atoms with E-state index in [0.29, 0.717) is 33.8 Å². The first-order chi connectivity index (χ1) is 20.2. The van der Waals surface area contributed by atoms with Crippen molar-refractivity contribution in [2.75, 3.05) is 6.54 Å². The van der Waals surface area contributed by atoms with Gasteiger partial charge in [-0.15, -0.1) is 0 Å². The number of rotatable bonds is 11. The minimum Gasteiger partial charge on any atom is -0.412 e. The number of sulfonamides is 1. The average Bonchev–Trinajstić information content (AvgIpc) is 3.39.